The molecule has 0 saturated heterocycles. The van der Waals surface area contributed by atoms with Gasteiger partial charge in [-0.15, -0.1) is 0 Å². The number of carboxylic acids is 1. The second-order valence-electron chi connectivity index (χ2n) is 4.16. The number of aryl methyl sites for hydroxylation is 1. The molecule has 1 aromatic rings. The van der Waals surface area contributed by atoms with Crippen molar-refractivity contribution in [3.05, 3.63) is 33.8 Å². The quantitative estimate of drug-likeness (QED) is 0.848. The van der Waals surface area contributed by atoms with Crippen LogP contribution in [-0.2, 0) is 11.3 Å². The van der Waals surface area contributed by atoms with E-state index in [4.69, 9.17) is 5.11 Å². The highest BCUT2D eigenvalue weighted by molar-refractivity contribution is 9.10. The molecular weight excluding hydrogens is 282 g/mol. The number of hydrogen-bond acceptors (Lipinski definition) is 2. The topological polar surface area (TPSA) is 49.3 Å². The van der Waals surface area contributed by atoms with Crippen LogP contribution in [0.4, 0.5) is 0 Å². The summed E-state index contributed by atoms with van der Waals surface area (Å²) in [5.41, 5.74) is 2.27. The Labute approximate surface area is 110 Å². The molecule has 0 heterocycles. The van der Waals surface area contributed by atoms with Crippen molar-refractivity contribution in [2.45, 2.75) is 39.3 Å². The Kier molecular flexibility index (Phi) is 5.65. The zero-order chi connectivity index (χ0) is 12.8. The molecule has 0 saturated carbocycles. The molecule has 0 amide bonds. The third-order valence-electron chi connectivity index (χ3n) is 2.62. The summed E-state index contributed by atoms with van der Waals surface area (Å²) < 4.78 is 1.02. The van der Waals surface area contributed by atoms with Crippen LogP contribution in [-0.4, -0.2) is 17.1 Å². The van der Waals surface area contributed by atoms with Gasteiger partial charge >= 0.3 is 5.97 Å². The Balaban J connectivity index is 2.62. The van der Waals surface area contributed by atoms with Gasteiger partial charge in [-0.1, -0.05) is 41.4 Å². The maximum atomic E-state index is 11.0. The highest BCUT2D eigenvalue weighted by Gasteiger charge is 2.15. The van der Waals surface area contributed by atoms with E-state index >= 15 is 0 Å². The third-order valence-corrected chi connectivity index (χ3v) is 3.36. The molecule has 2 N–H and O–H groups in total. The number of rotatable bonds is 6. The van der Waals surface area contributed by atoms with Crippen LogP contribution in [0, 0.1) is 6.92 Å². The lowest BCUT2D eigenvalue weighted by Gasteiger charge is -2.14. The van der Waals surface area contributed by atoms with Crippen molar-refractivity contribution in [3.63, 3.8) is 0 Å². The second-order valence-corrected chi connectivity index (χ2v) is 5.01. The predicted molar refractivity (Wildman–Crippen MR) is 72.1 cm³/mol. The Morgan fingerprint density at radius 1 is 1.53 bits per heavy atom. The minimum absolute atomic E-state index is 0.465. The van der Waals surface area contributed by atoms with Crippen molar-refractivity contribution in [1.29, 1.82) is 0 Å². The van der Waals surface area contributed by atoms with Crippen molar-refractivity contribution in [2.75, 3.05) is 0 Å². The molecule has 1 aromatic carbocycles. The van der Waals surface area contributed by atoms with E-state index in [1.165, 1.54) is 5.56 Å². The summed E-state index contributed by atoms with van der Waals surface area (Å²) in [6.45, 7) is 4.58. The Morgan fingerprint density at radius 2 is 2.24 bits per heavy atom. The van der Waals surface area contributed by atoms with Crippen LogP contribution < -0.4 is 5.32 Å². The van der Waals surface area contributed by atoms with Crippen molar-refractivity contribution in [3.8, 4) is 0 Å². The maximum Gasteiger partial charge on any atom is 0.320 e. The molecule has 0 bridgehead atoms. The third kappa shape index (κ3) is 4.48. The average Bonchev–Trinajstić information content (AvgIpc) is 2.25. The van der Waals surface area contributed by atoms with Crippen LogP contribution in [0.5, 0.6) is 0 Å². The fourth-order valence-corrected chi connectivity index (χ4v) is 2.26. The lowest BCUT2D eigenvalue weighted by Crippen LogP contribution is -2.36. The second kappa shape index (κ2) is 6.77. The van der Waals surface area contributed by atoms with Gasteiger partial charge in [0.2, 0.25) is 0 Å². The number of benzene rings is 1. The summed E-state index contributed by atoms with van der Waals surface area (Å²) in [6, 6.07) is 5.61. The normalized spacial score (nSPS) is 12.4. The van der Waals surface area contributed by atoms with E-state index in [1.807, 2.05) is 32.0 Å². The standard InChI is InChI=1S/C13H18BrNO2/c1-3-4-12(13(16)17)15-8-10-6-5-9(2)7-11(10)14/h5-7,12,15H,3-4,8H2,1-2H3,(H,16,17). The van der Waals surface area contributed by atoms with Gasteiger partial charge in [0.05, 0.1) is 0 Å². The van der Waals surface area contributed by atoms with Crippen LogP contribution in [0.2, 0.25) is 0 Å². The zero-order valence-corrected chi connectivity index (χ0v) is 11.8. The average molecular weight is 300 g/mol. The lowest BCUT2D eigenvalue weighted by atomic mass is 10.1. The number of halogens is 1. The molecule has 0 aliphatic carbocycles. The smallest absolute Gasteiger partial charge is 0.320 e. The van der Waals surface area contributed by atoms with Crippen molar-refractivity contribution in [2.24, 2.45) is 0 Å². The first-order valence-corrected chi connectivity index (χ1v) is 6.55. The van der Waals surface area contributed by atoms with Gasteiger partial charge in [0.15, 0.2) is 0 Å². The van der Waals surface area contributed by atoms with Crippen LogP contribution in [0.25, 0.3) is 0 Å². The first-order chi connectivity index (χ1) is 8.04. The number of carbonyl (C=O) groups is 1. The molecule has 3 nitrogen and oxygen atoms in total. The lowest BCUT2D eigenvalue weighted by molar-refractivity contribution is -0.139. The number of nitrogens with one attached hydrogen (secondary N) is 1. The van der Waals surface area contributed by atoms with Gasteiger partial charge in [-0.3, -0.25) is 4.79 Å². The Morgan fingerprint density at radius 3 is 2.76 bits per heavy atom. The number of carboxylic acid groups (broad SMARTS) is 1. The summed E-state index contributed by atoms with van der Waals surface area (Å²) >= 11 is 3.49. The van der Waals surface area contributed by atoms with Crippen LogP contribution in [0.15, 0.2) is 22.7 Å². The highest BCUT2D eigenvalue weighted by Crippen LogP contribution is 2.18. The molecule has 1 unspecified atom stereocenters. The van der Waals surface area contributed by atoms with Crippen LogP contribution >= 0.6 is 15.9 Å². The molecular formula is C13H18BrNO2. The molecule has 0 spiro atoms. The van der Waals surface area contributed by atoms with Crippen LogP contribution in [0.1, 0.15) is 30.9 Å². The van der Waals surface area contributed by atoms with E-state index in [0.29, 0.717) is 13.0 Å². The van der Waals surface area contributed by atoms with E-state index in [0.717, 1.165) is 16.5 Å². The monoisotopic (exact) mass is 299 g/mol. The fourth-order valence-electron chi connectivity index (χ4n) is 1.63. The summed E-state index contributed by atoms with van der Waals surface area (Å²) in [4.78, 5) is 11.0. The van der Waals surface area contributed by atoms with Crippen molar-refractivity contribution in [1.82, 2.24) is 5.32 Å². The minimum Gasteiger partial charge on any atom is -0.480 e. The highest BCUT2D eigenvalue weighted by atomic mass is 79.9. The van der Waals surface area contributed by atoms with Gasteiger partial charge < -0.3 is 10.4 Å². The molecule has 94 valence electrons. The molecule has 17 heavy (non-hydrogen) atoms. The van der Waals surface area contributed by atoms with Gasteiger partial charge in [-0.2, -0.15) is 0 Å². The summed E-state index contributed by atoms with van der Waals surface area (Å²) in [5, 5.41) is 12.1. The van der Waals surface area contributed by atoms with E-state index in [1.54, 1.807) is 0 Å². The van der Waals surface area contributed by atoms with Gasteiger partial charge in [-0.25, -0.2) is 0 Å². The van der Waals surface area contributed by atoms with Gasteiger partial charge in [-0.05, 0) is 30.5 Å². The molecule has 4 heteroatoms. The first kappa shape index (κ1) is 14.2. The maximum absolute atomic E-state index is 11.0. The van der Waals surface area contributed by atoms with E-state index in [-0.39, 0.29) is 0 Å². The summed E-state index contributed by atoms with van der Waals surface area (Å²) in [6.07, 6.45) is 1.51. The zero-order valence-electron chi connectivity index (χ0n) is 10.2. The number of hydrogen-bond donors (Lipinski definition) is 2. The summed E-state index contributed by atoms with van der Waals surface area (Å²) in [7, 11) is 0. The molecule has 0 radical (unpaired) electrons. The Bertz CT molecular complexity index is 393. The van der Waals surface area contributed by atoms with Crippen molar-refractivity contribution >= 4 is 21.9 Å². The van der Waals surface area contributed by atoms with Gasteiger partial charge in [0, 0.05) is 11.0 Å². The van der Waals surface area contributed by atoms with E-state index in [9.17, 15) is 4.79 Å². The molecule has 0 aliphatic rings. The van der Waals surface area contributed by atoms with Crippen LogP contribution in [0.3, 0.4) is 0 Å². The fraction of sp³-hybridized carbons (Fsp3) is 0.462. The van der Waals surface area contributed by atoms with E-state index in [2.05, 4.69) is 21.2 Å². The SMILES string of the molecule is CCCC(NCc1ccc(C)cc1Br)C(=O)O. The molecule has 1 atom stereocenters. The van der Waals surface area contributed by atoms with E-state index < -0.39 is 12.0 Å². The first-order valence-electron chi connectivity index (χ1n) is 5.75. The minimum atomic E-state index is -0.782. The Hall–Kier alpha value is -0.870. The number of aliphatic carboxylic acids is 1. The molecule has 0 fully saturated rings. The predicted octanol–water partition coefficient (Wildman–Crippen LogP) is 3.10. The molecule has 0 aliphatic heterocycles. The molecule has 0 aromatic heterocycles. The largest absolute Gasteiger partial charge is 0.480 e. The van der Waals surface area contributed by atoms with Crippen molar-refractivity contribution < 1.29 is 9.90 Å². The summed E-state index contributed by atoms with van der Waals surface area (Å²) in [5.74, 6) is -0.782. The van der Waals surface area contributed by atoms with Gasteiger partial charge in [0.25, 0.3) is 0 Å². The molecule has 1 rings (SSSR count). The van der Waals surface area contributed by atoms with Gasteiger partial charge in [0.1, 0.15) is 6.04 Å².